The minimum atomic E-state index is -1.32. The zero-order chi connectivity index (χ0) is 9.02. The lowest BCUT2D eigenvalue weighted by atomic mass is 10.4. The highest BCUT2D eigenvalue weighted by atomic mass is 35.5. The van der Waals surface area contributed by atoms with Crippen molar-refractivity contribution in [2.75, 3.05) is 0 Å². The Kier molecular flexibility index (Phi) is 4.49. The zero-order valence-electron chi connectivity index (χ0n) is 5.05. The van der Waals surface area contributed by atoms with Crippen molar-refractivity contribution in [3.8, 4) is 0 Å². The van der Waals surface area contributed by atoms with Gasteiger partial charge < -0.3 is 5.11 Å². The van der Waals surface area contributed by atoms with E-state index in [1.54, 1.807) is 0 Å². The molecule has 3 nitrogen and oxygen atoms in total. The van der Waals surface area contributed by atoms with Crippen LogP contribution >= 0.6 is 34.8 Å². The normalized spacial score (nSPS) is 11.8. The third-order valence-corrected chi connectivity index (χ3v) is 1.38. The maximum absolute atomic E-state index is 10.7. The summed E-state index contributed by atoms with van der Waals surface area (Å²) in [7, 11) is 0. The minimum Gasteiger partial charge on any atom is -0.478 e. The van der Waals surface area contributed by atoms with Crippen LogP contribution in [0.3, 0.4) is 0 Å². The van der Waals surface area contributed by atoms with Crippen LogP contribution in [-0.2, 0) is 9.59 Å². The van der Waals surface area contributed by atoms with Gasteiger partial charge in [-0.2, -0.15) is 0 Å². The fraction of sp³-hybridized carbons (Fsp3) is 0.200. The molecule has 6 heteroatoms. The summed E-state index contributed by atoms with van der Waals surface area (Å²) in [5.74, 6) is -2.14. The van der Waals surface area contributed by atoms with Gasteiger partial charge >= 0.3 is 5.97 Å². The Labute approximate surface area is 77.5 Å². The molecule has 0 aliphatic carbocycles. The maximum atomic E-state index is 10.7. The fourth-order valence-corrected chi connectivity index (χ4v) is 0.833. The average molecular weight is 217 g/mol. The molecule has 0 heterocycles. The number of aliphatic carboxylic acids is 1. The molecule has 0 amide bonds. The molecule has 0 aliphatic heterocycles. The fourth-order valence-electron chi connectivity index (χ4n) is 0.284. The molecule has 0 aliphatic rings. The van der Waals surface area contributed by atoms with Gasteiger partial charge in [-0.25, -0.2) is 4.79 Å². The van der Waals surface area contributed by atoms with E-state index in [1.165, 1.54) is 0 Å². The van der Waals surface area contributed by atoms with Crippen LogP contribution in [0.4, 0.5) is 0 Å². The molecule has 0 aromatic rings. The Morgan fingerprint density at radius 3 is 2.09 bits per heavy atom. The molecule has 11 heavy (non-hydrogen) atoms. The third-order valence-electron chi connectivity index (χ3n) is 0.684. The van der Waals surface area contributed by atoms with Crippen molar-refractivity contribution >= 4 is 46.6 Å². The first-order chi connectivity index (χ1) is 4.95. The number of carbonyl (C=O) groups excluding carboxylic acids is 1. The van der Waals surface area contributed by atoms with E-state index in [0.717, 1.165) is 0 Å². The molecule has 0 aromatic carbocycles. The van der Waals surface area contributed by atoms with Crippen LogP contribution in [0.5, 0.6) is 0 Å². The average Bonchev–Trinajstić information content (AvgIpc) is 1.84. The van der Waals surface area contributed by atoms with Crippen molar-refractivity contribution in [2.45, 2.75) is 4.84 Å². The van der Waals surface area contributed by atoms with Crippen LogP contribution in [0.25, 0.3) is 0 Å². The van der Waals surface area contributed by atoms with Gasteiger partial charge in [-0.05, 0) is 0 Å². The maximum Gasteiger partial charge on any atom is 0.329 e. The van der Waals surface area contributed by atoms with Gasteiger partial charge in [0.05, 0.1) is 5.03 Å². The first-order valence-corrected chi connectivity index (χ1v) is 3.62. The van der Waals surface area contributed by atoms with E-state index in [-0.39, 0.29) is 0 Å². The van der Waals surface area contributed by atoms with Crippen LogP contribution in [0.15, 0.2) is 11.1 Å². The van der Waals surface area contributed by atoms with Crippen LogP contribution in [-0.4, -0.2) is 21.7 Å². The van der Waals surface area contributed by atoms with Crippen LogP contribution in [0.1, 0.15) is 0 Å². The molecule has 0 fully saturated rings. The molecule has 0 unspecified atom stereocenters. The summed E-state index contributed by atoms with van der Waals surface area (Å²) in [6.07, 6.45) is 0.529. The number of alkyl halides is 2. The van der Waals surface area contributed by atoms with Gasteiger partial charge in [-0.15, -0.1) is 0 Å². The van der Waals surface area contributed by atoms with Gasteiger partial charge in [0.15, 0.2) is 4.84 Å². The van der Waals surface area contributed by atoms with Crippen molar-refractivity contribution in [3.05, 3.63) is 11.1 Å². The number of allylic oxidation sites excluding steroid dienone is 1. The van der Waals surface area contributed by atoms with Gasteiger partial charge in [0.1, 0.15) is 0 Å². The summed E-state index contributed by atoms with van der Waals surface area (Å²) < 4.78 is 0. The molecule has 0 spiro atoms. The molecular weight excluding hydrogens is 214 g/mol. The number of carboxylic acid groups (broad SMARTS) is 1. The van der Waals surface area contributed by atoms with E-state index in [9.17, 15) is 9.59 Å². The van der Waals surface area contributed by atoms with Crippen molar-refractivity contribution in [3.63, 3.8) is 0 Å². The molecule has 0 saturated carbocycles. The number of halogens is 3. The smallest absolute Gasteiger partial charge is 0.329 e. The van der Waals surface area contributed by atoms with E-state index in [4.69, 9.17) is 39.9 Å². The second kappa shape index (κ2) is 4.59. The van der Waals surface area contributed by atoms with Gasteiger partial charge in [0.25, 0.3) is 0 Å². The van der Waals surface area contributed by atoms with E-state index in [2.05, 4.69) is 0 Å². The first-order valence-electron chi connectivity index (χ1n) is 2.37. The van der Waals surface area contributed by atoms with Crippen LogP contribution in [0.2, 0.25) is 0 Å². The summed E-state index contributed by atoms with van der Waals surface area (Å²) in [5, 5.41) is 7.62. The van der Waals surface area contributed by atoms with E-state index in [0.29, 0.717) is 6.08 Å². The SMILES string of the molecule is O=C(O)C=C(Cl)C(=O)C(Cl)Cl. The minimum absolute atomic E-state index is 0.493. The lowest BCUT2D eigenvalue weighted by molar-refractivity contribution is -0.131. The lowest BCUT2D eigenvalue weighted by Crippen LogP contribution is -2.08. The monoisotopic (exact) mass is 216 g/mol. The first kappa shape index (κ1) is 10.8. The van der Waals surface area contributed by atoms with Crippen molar-refractivity contribution in [1.82, 2.24) is 0 Å². The molecule has 0 atom stereocenters. The number of hydrogen-bond donors (Lipinski definition) is 1. The van der Waals surface area contributed by atoms with Gasteiger partial charge in [-0.1, -0.05) is 34.8 Å². The summed E-state index contributed by atoms with van der Waals surface area (Å²) in [6, 6.07) is 0. The Bertz CT molecular complexity index is 209. The van der Waals surface area contributed by atoms with E-state index >= 15 is 0 Å². The van der Waals surface area contributed by atoms with Gasteiger partial charge in [0, 0.05) is 6.08 Å². The molecule has 0 radical (unpaired) electrons. The predicted molar refractivity (Wildman–Crippen MR) is 42.1 cm³/mol. The predicted octanol–water partition coefficient (Wildman–Crippen LogP) is 1.57. The Morgan fingerprint density at radius 2 is 1.82 bits per heavy atom. The quantitative estimate of drug-likeness (QED) is 0.577. The number of ketones is 1. The Hall–Kier alpha value is -0.250. The third kappa shape index (κ3) is 4.24. The highest BCUT2D eigenvalue weighted by Crippen LogP contribution is 2.13. The van der Waals surface area contributed by atoms with E-state index in [1.807, 2.05) is 0 Å². The topological polar surface area (TPSA) is 54.4 Å². The molecule has 1 N–H and O–H groups in total. The van der Waals surface area contributed by atoms with Gasteiger partial charge in [0.2, 0.25) is 5.78 Å². The number of rotatable bonds is 3. The standard InChI is InChI=1S/C5H3Cl3O3/c6-2(1-3(9)10)4(11)5(7)8/h1,5H,(H,9,10). The zero-order valence-corrected chi connectivity index (χ0v) is 7.32. The number of hydrogen-bond acceptors (Lipinski definition) is 2. The van der Waals surface area contributed by atoms with Crippen LogP contribution in [0, 0.1) is 0 Å². The molecule has 62 valence electrons. The molecule has 0 rings (SSSR count). The van der Waals surface area contributed by atoms with Crippen LogP contribution < -0.4 is 0 Å². The number of carbonyl (C=O) groups is 2. The Morgan fingerprint density at radius 1 is 1.36 bits per heavy atom. The molecular formula is C5H3Cl3O3. The Balaban J connectivity index is 4.36. The van der Waals surface area contributed by atoms with Crippen molar-refractivity contribution in [2.24, 2.45) is 0 Å². The molecule has 0 saturated heterocycles. The largest absolute Gasteiger partial charge is 0.478 e. The van der Waals surface area contributed by atoms with Gasteiger partial charge in [-0.3, -0.25) is 4.79 Å². The summed E-state index contributed by atoms with van der Waals surface area (Å²) in [4.78, 5) is 19.3. The summed E-state index contributed by atoms with van der Waals surface area (Å²) in [6.45, 7) is 0. The van der Waals surface area contributed by atoms with E-state index < -0.39 is 21.6 Å². The second-order valence-corrected chi connectivity index (χ2v) is 3.00. The highest BCUT2D eigenvalue weighted by Gasteiger charge is 2.15. The second-order valence-electron chi connectivity index (χ2n) is 1.50. The summed E-state index contributed by atoms with van der Waals surface area (Å²) in [5.41, 5.74) is 0. The van der Waals surface area contributed by atoms with Crippen molar-refractivity contribution < 1.29 is 14.7 Å². The molecule has 0 bridgehead atoms. The lowest BCUT2D eigenvalue weighted by Gasteiger charge is -1.95. The molecule has 0 aromatic heterocycles. The highest BCUT2D eigenvalue weighted by molar-refractivity contribution is 6.60. The number of carboxylic acids is 1. The summed E-state index contributed by atoms with van der Waals surface area (Å²) >= 11 is 15.4. The van der Waals surface area contributed by atoms with Crippen molar-refractivity contribution in [1.29, 1.82) is 0 Å². The number of Topliss-reactive ketones (excluding diaryl/α,β-unsaturated/α-hetero) is 1.